The predicted octanol–water partition coefficient (Wildman–Crippen LogP) is 1.17. The fourth-order valence-corrected chi connectivity index (χ4v) is 3.08. The van der Waals surface area contributed by atoms with E-state index in [2.05, 4.69) is 10.3 Å². The largest absolute Gasteiger partial charge is 0.379 e. The third kappa shape index (κ3) is 3.83. The minimum Gasteiger partial charge on any atom is -0.379 e. The Balaban J connectivity index is 1.73. The molecule has 1 fully saturated rings. The summed E-state index contributed by atoms with van der Waals surface area (Å²) in [4.78, 5) is 26.9. The molecule has 3 rings (SSSR count). The van der Waals surface area contributed by atoms with Crippen LogP contribution in [0.5, 0.6) is 0 Å². The van der Waals surface area contributed by atoms with Gasteiger partial charge in [-0.15, -0.1) is 0 Å². The predicted molar refractivity (Wildman–Crippen MR) is 93.4 cm³/mol. The van der Waals surface area contributed by atoms with E-state index in [1.165, 1.54) is 0 Å². The van der Waals surface area contributed by atoms with Crippen LogP contribution in [-0.2, 0) is 14.3 Å². The van der Waals surface area contributed by atoms with Crippen LogP contribution < -0.4 is 11.1 Å². The second-order valence-corrected chi connectivity index (χ2v) is 6.39. The number of nitrogens with one attached hydrogen (secondary N) is 2. The highest BCUT2D eigenvalue weighted by atomic mass is 16.5. The van der Waals surface area contributed by atoms with Crippen molar-refractivity contribution in [3.63, 3.8) is 0 Å². The van der Waals surface area contributed by atoms with Crippen LogP contribution in [0.2, 0.25) is 0 Å². The Kier molecular flexibility index (Phi) is 5.06. The molecule has 1 aromatic carbocycles. The first-order chi connectivity index (χ1) is 12.0. The average Bonchev–Trinajstić information content (AvgIpc) is 2.88. The number of aromatic amines is 1. The van der Waals surface area contributed by atoms with Gasteiger partial charge in [0, 0.05) is 28.8 Å². The van der Waals surface area contributed by atoms with Crippen molar-refractivity contribution < 1.29 is 19.1 Å². The van der Waals surface area contributed by atoms with Crippen molar-refractivity contribution in [1.82, 2.24) is 10.3 Å². The number of amides is 2. The lowest BCUT2D eigenvalue weighted by atomic mass is 10.0. The van der Waals surface area contributed by atoms with Gasteiger partial charge in [-0.1, -0.05) is 0 Å². The Morgan fingerprint density at radius 3 is 2.96 bits per heavy atom. The zero-order valence-corrected chi connectivity index (χ0v) is 14.4. The van der Waals surface area contributed by atoms with Gasteiger partial charge in [-0.2, -0.15) is 0 Å². The molecule has 7 heteroatoms. The van der Waals surface area contributed by atoms with Crippen LogP contribution in [0.3, 0.4) is 0 Å². The summed E-state index contributed by atoms with van der Waals surface area (Å²) in [5.74, 6) is -0.709. The Bertz CT molecular complexity index is 799. The maximum absolute atomic E-state index is 12.6. The van der Waals surface area contributed by atoms with Gasteiger partial charge >= 0.3 is 0 Å². The zero-order valence-electron chi connectivity index (χ0n) is 14.4. The van der Waals surface area contributed by atoms with Crippen LogP contribution in [0.25, 0.3) is 10.9 Å². The van der Waals surface area contributed by atoms with Gasteiger partial charge in [0.1, 0.15) is 12.7 Å². The van der Waals surface area contributed by atoms with Gasteiger partial charge < -0.3 is 25.5 Å². The van der Waals surface area contributed by atoms with Crippen LogP contribution in [0.1, 0.15) is 28.0 Å². The number of hydrogen-bond donors (Lipinski definition) is 3. The standard InChI is InChI=1S/C18H23N3O4/c1-10-11(2)20-14-4-3-12(7-13(10)14)18(23)21-15-5-6-24-8-16(15)25-9-17(19)22/h3-4,7,15-16,20H,5-6,8-9H2,1-2H3,(H2,19,22)(H,21,23)/t15-,16-/m1/s1. The molecule has 2 amide bonds. The summed E-state index contributed by atoms with van der Waals surface area (Å²) in [5.41, 5.74) is 8.96. The highest BCUT2D eigenvalue weighted by Gasteiger charge is 2.28. The fourth-order valence-electron chi connectivity index (χ4n) is 3.08. The van der Waals surface area contributed by atoms with Crippen molar-refractivity contribution in [2.75, 3.05) is 19.8 Å². The minimum atomic E-state index is -0.542. The van der Waals surface area contributed by atoms with Crippen LogP contribution in [0.4, 0.5) is 0 Å². The minimum absolute atomic E-state index is 0.167. The summed E-state index contributed by atoms with van der Waals surface area (Å²) in [6.45, 7) is 4.72. The first-order valence-corrected chi connectivity index (χ1v) is 8.33. The summed E-state index contributed by atoms with van der Waals surface area (Å²) in [5, 5.41) is 4.03. The molecule has 0 spiro atoms. The number of benzene rings is 1. The quantitative estimate of drug-likeness (QED) is 0.756. The SMILES string of the molecule is Cc1[nH]c2ccc(C(=O)N[C@@H]3CCOC[C@H]3OCC(N)=O)cc2c1C. The van der Waals surface area contributed by atoms with Crippen molar-refractivity contribution in [2.45, 2.75) is 32.4 Å². The molecule has 2 atom stereocenters. The third-order valence-electron chi connectivity index (χ3n) is 4.63. The molecule has 1 aliphatic heterocycles. The van der Waals surface area contributed by atoms with E-state index in [-0.39, 0.29) is 24.7 Å². The van der Waals surface area contributed by atoms with Gasteiger partial charge in [-0.05, 0) is 44.0 Å². The van der Waals surface area contributed by atoms with Gasteiger partial charge in [0.15, 0.2) is 0 Å². The lowest BCUT2D eigenvalue weighted by Crippen LogP contribution is -2.50. The average molecular weight is 345 g/mol. The van der Waals surface area contributed by atoms with Crippen molar-refractivity contribution >= 4 is 22.7 Å². The van der Waals surface area contributed by atoms with Crippen LogP contribution in [0, 0.1) is 13.8 Å². The molecule has 1 aliphatic rings. The highest BCUT2D eigenvalue weighted by Crippen LogP contribution is 2.22. The molecule has 4 N–H and O–H groups in total. The normalized spacial score (nSPS) is 20.6. The molecule has 0 saturated carbocycles. The summed E-state index contributed by atoms with van der Waals surface area (Å²) >= 11 is 0. The first-order valence-electron chi connectivity index (χ1n) is 8.33. The number of H-pyrrole nitrogens is 1. The van der Waals surface area contributed by atoms with E-state index in [9.17, 15) is 9.59 Å². The van der Waals surface area contributed by atoms with Gasteiger partial charge in [0.05, 0.1) is 12.6 Å². The fraction of sp³-hybridized carbons (Fsp3) is 0.444. The molecule has 25 heavy (non-hydrogen) atoms. The Hall–Kier alpha value is -2.38. The lowest BCUT2D eigenvalue weighted by Gasteiger charge is -2.31. The van der Waals surface area contributed by atoms with E-state index >= 15 is 0 Å². The Labute approximate surface area is 145 Å². The van der Waals surface area contributed by atoms with E-state index in [4.69, 9.17) is 15.2 Å². The molecule has 0 radical (unpaired) electrons. The maximum atomic E-state index is 12.6. The number of nitrogens with two attached hydrogens (primary N) is 1. The number of rotatable bonds is 5. The molecular weight excluding hydrogens is 322 g/mol. The topological polar surface area (TPSA) is 106 Å². The molecule has 0 bridgehead atoms. The molecule has 0 unspecified atom stereocenters. The van der Waals surface area contributed by atoms with Crippen LogP contribution >= 0.6 is 0 Å². The molecule has 2 heterocycles. The van der Waals surface area contributed by atoms with Gasteiger partial charge in [-0.3, -0.25) is 9.59 Å². The van der Waals surface area contributed by atoms with Crippen LogP contribution in [0.15, 0.2) is 18.2 Å². The number of aromatic nitrogens is 1. The Morgan fingerprint density at radius 1 is 1.40 bits per heavy atom. The van der Waals surface area contributed by atoms with E-state index in [1.54, 1.807) is 6.07 Å². The number of fused-ring (bicyclic) bond motifs is 1. The first kappa shape index (κ1) is 17.4. The van der Waals surface area contributed by atoms with Crippen molar-refractivity contribution in [3.05, 3.63) is 35.0 Å². The van der Waals surface area contributed by atoms with E-state index in [0.29, 0.717) is 25.2 Å². The summed E-state index contributed by atoms with van der Waals surface area (Å²) in [7, 11) is 0. The summed E-state index contributed by atoms with van der Waals surface area (Å²) in [6.07, 6.45) is 0.241. The number of carbonyl (C=O) groups is 2. The molecule has 2 aromatic rings. The monoisotopic (exact) mass is 345 g/mol. The summed E-state index contributed by atoms with van der Waals surface area (Å²) < 4.78 is 10.8. The van der Waals surface area contributed by atoms with Crippen molar-refractivity contribution in [2.24, 2.45) is 5.73 Å². The molecule has 1 aromatic heterocycles. The lowest BCUT2D eigenvalue weighted by molar-refractivity contribution is -0.129. The molecule has 1 saturated heterocycles. The number of primary amides is 1. The van der Waals surface area contributed by atoms with E-state index in [0.717, 1.165) is 22.2 Å². The van der Waals surface area contributed by atoms with Gasteiger partial charge in [0.2, 0.25) is 5.91 Å². The van der Waals surface area contributed by atoms with Crippen molar-refractivity contribution in [3.8, 4) is 0 Å². The zero-order chi connectivity index (χ0) is 18.0. The van der Waals surface area contributed by atoms with Crippen LogP contribution in [-0.4, -0.2) is 48.8 Å². The Morgan fingerprint density at radius 2 is 2.20 bits per heavy atom. The summed E-state index contributed by atoms with van der Waals surface area (Å²) in [6, 6.07) is 5.38. The maximum Gasteiger partial charge on any atom is 0.251 e. The molecule has 0 aliphatic carbocycles. The number of aryl methyl sites for hydroxylation is 2. The molecular formula is C18H23N3O4. The number of carbonyl (C=O) groups excluding carboxylic acids is 2. The van der Waals surface area contributed by atoms with Crippen molar-refractivity contribution in [1.29, 1.82) is 0 Å². The highest BCUT2D eigenvalue weighted by molar-refractivity contribution is 5.99. The van der Waals surface area contributed by atoms with E-state index < -0.39 is 5.91 Å². The van der Waals surface area contributed by atoms with Gasteiger partial charge in [0.25, 0.3) is 5.91 Å². The second kappa shape index (κ2) is 7.25. The third-order valence-corrected chi connectivity index (χ3v) is 4.63. The molecule has 7 nitrogen and oxygen atoms in total. The van der Waals surface area contributed by atoms with Gasteiger partial charge in [-0.25, -0.2) is 0 Å². The number of hydrogen-bond acceptors (Lipinski definition) is 4. The second-order valence-electron chi connectivity index (χ2n) is 6.39. The van der Waals surface area contributed by atoms with E-state index in [1.807, 2.05) is 26.0 Å². The molecule has 134 valence electrons. The number of ether oxygens (including phenoxy) is 2. The smallest absolute Gasteiger partial charge is 0.251 e.